The summed E-state index contributed by atoms with van der Waals surface area (Å²) in [6, 6.07) is 7.29. The van der Waals surface area contributed by atoms with Gasteiger partial charge in [0, 0.05) is 17.1 Å². The number of carbonyl (C=O) groups is 1. The van der Waals surface area contributed by atoms with Crippen molar-refractivity contribution in [2.75, 3.05) is 13.7 Å². The lowest BCUT2D eigenvalue weighted by Gasteiger charge is -2.33. The molecule has 7 nitrogen and oxygen atoms in total. The fourth-order valence-corrected chi connectivity index (χ4v) is 4.15. The van der Waals surface area contributed by atoms with Gasteiger partial charge in [-0.2, -0.15) is 4.98 Å². The molecule has 3 aromatic rings. The summed E-state index contributed by atoms with van der Waals surface area (Å²) in [5.74, 6) is 0.739. The molecule has 0 N–H and O–H groups in total. The number of nitrogens with zero attached hydrogens (tertiary/aromatic N) is 4. The summed E-state index contributed by atoms with van der Waals surface area (Å²) in [5, 5.41) is 7.26. The van der Waals surface area contributed by atoms with E-state index >= 15 is 0 Å². The molecule has 0 amide bonds. The lowest BCUT2D eigenvalue weighted by Crippen LogP contribution is -2.32. The molecule has 140 valence electrons. The van der Waals surface area contributed by atoms with Crippen LogP contribution in [0.1, 0.15) is 46.6 Å². The fraction of sp³-hybridized carbons (Fsp3) is 0.368. The number of methoxy groups -OCH3 is 1. The Labute approximate surface area is 161 Å². The Morgan fingerprint density at radius 1 is 1.33 bits per heavy atom. The lowest BCUT2D eigenvalue weighted by atomic mass is 10.0. The van der Waals surface area contributed by atoms with Crippen LogP contribution in [0, 0.1) is 0 Å². The SMILES string of the molecule is COC(=O)c1ccc(-c2noc(CN3CCCCC3c3nccs3)n2)cc1. The first-order valence-corrected chi connectivity index (χ1v) is 9.77. The molecule has 1 unspecified atom stereocenters. The molecule has 27 heavy (non-hydrogen) atoms. The van der Waals surface area contributed by atoms with Gasteiger partial charge in [-0.1, -0.05) is 23.7 Å². The summed E-state index contributed by atoms with van der Waals surface area (Å²) in [6.07, 6.45) is 5.33. The zero-order valence-corrected chi connectivity index (χ0v) is 15.8. The van der Waals surface area contributed by atoms with Gasteiger partial charge in [0.2, 0.25) is 11.7 Å². The van der Waals surface area contributed by atoms with Crippen molar-refractivity contribution in [3.05, 3.63) is 52.3 Å². The summed E-state index contributed by atoms with van der Waals surface area (Å²) in [7, 11) is 1.36. The Balaban J connectivity index is 1.48. The van der Waals surface area contributed by atoms with Crippen molar-refractivity contribution in [3.8, 4) is 11.4 Å². The summed E-state index contributed by atoms with van der Waals surface area (Å²) in [5.41, 5.74) is 1.29. The minimum Gasteiger partial charge on any atom is -0.465 e. The number of esters is 1. The highest BCUT2D eigenvalue weighted by Gasteiger charge is 2.27. The highest BCUT2D eigenvalue weighted by molar-refractivity contribution is 7.09. The quantitative estimate of drug-likeness (QED) is 0.620. The third-order valence-electron chi connectivity index (χ3n) is 4.72. The number of ether oxygens (including phenoxy) is 1. The summed E-state index contributed by atoms with van der Waals surface area (Å²) < 4.78 is 10.2. The second-order valence-electron chi connectivity index (χ2n) is 6.43. The van der Waals surface area contributed by atoms with Crippen LogP contribution in [0.5, 0.6) is 0 Å². The van der Waals surface area contributed by atoms with Gasteiger partial charge in [-0.25, -0.2) is 9.78 Å². The molecule has 1 fully saturated rings. The molecule has 8 heteroatoms. The Morgan fingerprint density at radius 2 is 2.19 bits per heavy atom. The van der Waals surface area contributed by atoms with Gasteiger partial charge < -0.3 is 9.26 Å². The lowest BCUT2D eigenvalue weighted by molar-refractivity contribution is 0.0601. The number of piperidine rings is 1. The largest absolute Gasteiger partial charge is 0.465 e. The fourth-order valence-electron chi connectivity index (χ4n) is 3.34. The van der Waals surface area contributed by atoms with Gasteiger partial charge in [0.05, 0.1) is 25.3 Å². The van der Waals surface area contributed by atoms with Crippen LogP contribution in [0.15, 0.2) is 40.4 Å². The van der Waals surface area contributed by atoms with Crippen LogP contribution in [0.25, 0.3) is 11.4 Å². The first kappa shape index (κ1) is 17.8. The highest BCUT2D eigenvalue weighted by Crippen LogP contribution is 2.33. The molecule has 1 aliphatic rings. The van der Waals surface area contributed by atoms with Gasteiger partial charge in [-0.15, -0.1) is 11.3 Å². The van der Waals surface area contributed by atoms with Crippen molar-refractivity contribution >= 4 is 17.3 Å². The van der Waals surface area contributed by atoms with E-state index in [0.29, 0.717) is 29.9 Å². The van der Waals surface area contributed by atoms with E-state index in [-0.39, 0.29) is 5.97 Å². The Morgan fingerprint density at radius 3 is 2.93 bits per heavy atom. The predicted octanol–water partition coefficient (Wildman–Crippen LogP) is 3.71. The normalized spacial score (nSPS) is 17.7. The summed E-state index contributed by atoms with van der Waals surface area (Å²) in [6.45, 7) is 1.60. The van der Waals surface area contributed by atoms with Crippen LogP contribution in [0.2, 0.25) is 0 Å². The van der Waals surface area contributed by atoms with E-state index in [1.165, 1.54) is 13.5 Å². The van der Waals surface area contributed by atoms with Crippen LogP contribution in [0.4, 0.5) is 0 Å². The molecular weight excluding hydrogens is 364 g/mol. The molecule has 0 bridgehead atoms. The predicted molar refractivity (Wildman–Crippen MR) is 100 cm³/mol. The van der Waals surface area contributed by atoms with Gasteiger partial charge in [-0.05, 0) is 31.5 Å². The van der Waals surface area contributed by atoms with Crippen LogP contribution in [-0.2, 0) is 11.3 Å². The van der Waals surface area contributed by atoms with E-state index in [0.717, 1.165) is 30.0 Å². The van der Waals surface area contributed by atoms with E-state index in [1.54, 1.807) is 35.6 Å². The monoisotopic (exact) mass is 384 g/mol. The van der Waals surface area contributed by atoms with Gasteiger partial charge in [0.1, 0.15) is 5.01 Å². The Hall–Kier alpha value is -2.58. The molecule has 0 radical (unpaired) electrons. The molecule has 0 aliphatic carbocycles. The highest BCUT2D eigenvalue weighted by atomic mass is 32.1. The molecule has 1 saturated heterocycles. The molecule has 1 atom stereocenters. The maximum Gasteiger partial charge on any atom is 0.337 e. The zero-order chi connectivity index (χ0) is 18.6. The van der Waals surface area contributed by atoms with Crippen molar-refractivity contribution in [1.82, 2.24) is 20.0 Å². The minimum atomic E-state index is -0.367. The summed E-state index contributed by atoms with van der Waals surface area (Å²) in [4.78, 5) is 22.9. The number of likely N-dealkylation sites (tertiary alicyclic amines) is 1. The van der Waals surface area contributed by atoms with Crippen molar-refractivity contribution in [1.29, 1.82) is 0 Å². The number of carbonyl (C=O) groups excluding carboxylic acids is 1. The minimum absolute atomic E-state index is 0.313. The third-order valence-corrected chi connectivity index (χ3v) is 5.60. The molecule has 0 spiro atoms. The van der Waals surface area contributed by atoms with Gasteiger partial charge in [0.15, 0.2) is 0 Å². The van der Waals surface area contributed by atoms with Gasteiger partial charge >= 0.3 is 5.97 Å². The number of aromatic nitrogens is 3. The first-order chi connectivity index (χ1) is 13.2. The zero-order valence-electron chi connectivity index (χ0n) is 15.0. The van der Waals surface area contributed by atoms with Crippen molar-refractivity contribution in [2.24, 2.45) is 0 Å². The summed E-state index contributed by atoms with van der Waals surface area (Å²) >= 11 is 1.69. The van der Waals surface area contributed by atoms with E-state index in [4.69, 9.17) is 9.26 Å². The number of benzene rings is 1. The van der Waals surface area contributed by atoms with E-state index in [9.17, 15) is 4.79 Å². The second kappa shape index (κ2) is 7.98. The number of rotatable bonds is 5. The van der Waals surface area contributed by atoms with Crippen molar-refractivity contribution in [2.45, 2.75) is 31.8 Å². The molecule has 1 aromatic carbocycles. The average molecular weight is 384 g/mol. The van der Waals surface area contributed by atoms with Gasteiger partial charge in [-0.3, -0.25) is 4.90 Å². The smallest absolute Gasteiger partial charge is 0.337 e. The van der Waals surface area contributed by atoms with Crippen LogP contribution in [0.3, 0.4) is 0 Å². The van der Waals surface area contributed by atoms with Crippen LogP contribution >= 0.6 is 11.3 Å². The number of hydrogen-bond donors (Lipinski definition) is 0. The number of thiazole rings is 1. The molecular formula is C19H20N4O3S. The average Bonchev–Trinajstić information content (AvgIpc) is 3.40. The second-order valence-corrected chi connectivity index (χ2v) is 7.36. The van der Waals surface area contributed by atoms with Crippen molar-refractivity contribution in [3.63, 3.8) is 0 Å². The standard InChI is InChI=1S/C19H20N4O3S/c1-25-19(24)14-7-5-13(6-8-14)17-21-16(26-22-17)12-23-10-3-2-4-15(23)18-20-9-11-27-18/h5-9,11,15H,2-4,10,12H2,1H3. The van der Waals surface area contributed by atoms with Crippen LogP contribution in [-0.4, -0.2) is 39.6 Å². The Kier molecular flexibility index (Phi) is 5.26. The topological polar surface area (TPSA) is 81.4 Å². The molecule has 1 aliphatic heterocycles. The van der Waals surface area contributed by atoms with Crippen LogP contribution < -0.4 is 0 Å². The Bertz CT molecular complexity index is 892. The van der Waals surface area contributed by atoms with E-state index in [1.807, 2.05) is 11.6 Å². The van der Waals surface area contributed by atoms with E-state index in [2.05, 4.69) is 20.0 Å². The third kappa shape index (κ3) is 3.91. The molecule has 3 heterocycles. The maximum absolute atomic E-state index is 11.5. The first-order valence-electron chi connectivity index (χ1n) is 8.89. The molecule has 4 rings (SSSR count). The molecule has 2 aromatic heterocycles. The molecule has 0 saturated carbocycles. The van der Waals surface area contributed by atoms with Crippen molar-refractivity contribution < 1.29 is 14.1 Å². The maximum atomic E-state index is 11.5. The van der Waals surface area contributed by atoms with Gasteiger partial charge in [0.25, 0.3) is 0 Å². The van der Waals surface area contributed by atoms with E-state index < -0.39 is 0 Å². The number of hydrogen-bond acceptors (Lipinski definition) is 8.